The summed E-state index contributed by atoms with van der Waals surface area (Å²) >= 11 is 0. The fourth-order valence-corrected chi connectivity index (χ4v) is 3.94. The second kappa shape index (κ2) is 9.66. The van der Waals surface area contributed by atoms with Crippen LogP contribution in [0.5, 0.6) is 11.5 Å². The molecular formula is C25H28F3N3O3. The number of hydrogen-bond acceptors (Lipinski definition) is 6. The highest BCUT2D eigenvalue weighted by molar-refractivity contribution is 5.91. The molecule has 2 aromatic carbocycles. The predicted molar refractivity (Wildman–Crippen MR) is 123 cm³/mol. The van der Waals surface area contributed by atoms with Crippen LogP contribution in [0.4, 0.5) is 19.0 Å². The van der Waals surface area contributed by atoms with Gasteiger partial charge in [-0.3, -0.25) is 0 Å². The van der Waals surface area contributed by atoms with E-state index in [1.54, 1.807) is 33.3 Å². The van der Waals surface area contributed by atoms with E-state index in [1.165, 1.54) is 12.1 Å². The Balaban J connectivity index is 1.67. The Hall–Kier alpha value is -3.07. The van der Waals surface area contributed by atoms with Crippen LogP contribution in [-0.4, -0.2) is 36.9 Å². The first-order chi connectivity index (χ1) is 16.2. The van der Waals surface area contributed by atoms with Crippen LogP contribution in [0.3, 0.4) is 0 Å². The lowest BCUT2D eigenvalue weighted by Crippen LogP contribution is -2.25. The summed E-state index contributed by atoms with van der Waals surface area (Å²) in [5, 5.41) is 3.73. The Morgan fingerprint density at radius 2 is 1.91 bits per heavy atom. The van der Waals surface area contributed by atoms with Gasteiger partial charge in [0.15, 0.2) is 11.5 Å². The Morgan fingerprint density at radius 3 is 2.56 bits per heavy atom. The van der Waals surface area contributed by atoms with Gasteiger partial charge < -0.3 is 19.5 Å². The number of alkyl halides is 2. The second-order valence-corrected chi connectivity index (χ2v) is 8.61. The maximum atomic E-state index is 14.7. The van der Waals surface area contributed by atoms with Gasteiger partial charge in [0.1, 0.15) is 23.6 Å². The highest BCUT2D eigenvalue weighted by Gasteiger charge is 2.34. The van der Waals surface area contributed by atoms with Gasteiger partial charge >= 0.3 is 0 Å². The minimum atomic E-state index is -3.28. The SMILES string of the molecule is COCC(Oc1cc2c(NCc3cccc(C(C)(F)F)c3F)nc(C)nc2cc1OC)C1CC1. The zero-order valence-corrected chi connectivity index (χ0v) is 19.6. The van der Waals surface area contributed by atoms with Crippen molar-refractivity contribution in [1.82, 2.24) is 9.97 Å². The number of aryl methyl sites for hydroxylation is 1. The van der Waals surface area contributed by atoms with Gasteiger partial charge in [0, 0.05) is 37.6 Å². The van der Waals surface area contributed by atoms with E-state index in [1.807, 2.05) is 0 Å². The summed E-state index contributed by atoms with van der Waals surface area (Å²) < 4.78 is 59.3. The lowest BCUT2D eigenvalue weighted by molar-refractivity contribution is 0.0136. The number of rotatable bonds is 10. The van der Waals surface area contributed by atoms with E-state index in [0.717, 1.165) is 18.9 Å². The summed E-state index contributed by atoms with van der Waals surface area (Å²) in [6, 6.07) is 7.53. The highest BCUT2D eigenvalue weighted by atomic mass is 19.3. The molecule has 1 atom stereocenters. The molecule has 3 aromatic rings. The summed E-state index contributed by atoms with van der Waals surface area (Å²) in [4.78, 5) is 8.95. The highest BCUT2D eigenvalue weighted by Crippen LogP contribution is 2.40. The molecule has 34 heavy (non-hydrogen) atoms. The third kappa shape index (κ3) is 5.19. The number of nitrogens with zero attached hydrogens (tertiary/aromatic N) is 2. The zero-order chi connectivity index (χ0) is 24.5. The number of halogens is 3. The summed E-state index contributed by atoms with van der Waals surface area (Å²) in [5.74, 6) is -1.79. The van der Waals surface area contributed by atoms with Crippen LogP contribution in [0, 0.1) is 18.7 Å². The monoisotopic (exact) mass is 475 g/mol. The molecule has 1 aliphatic carbocycles. The van der Waals surface area contributed by atoms with Gasteiger partial charge in [-0.2, -0.15) is 0 Å². The average molecular weight is 476 g/mol. The van der Waals surface area contributed by atoms with Crippen LogP contribution < -0.4 is 14.8 Å². The molecule has 0 bridgehead atoms. The van der Waals surface area contributed by atoms with Crippen molar-refractivity contribution in [3.63, 3.8) is 0 Å². The number of anilines is 1. The number of aromatic nitrogens is 2. The maximum absolute atomic E-state index is 14.7. The minimum Gasteiger partial charge on any atom is -0.493 e. The first-order valence-corrected chi connectivity index (χ1v) is 11.1. The molecular weight excluding hydrogens is 447 g/mol. The number of nitrogens with one attached hydrogen (secondary N) is 1. The van der Waals surface area contributed by atoms with E-state index in [0.29, 0.717) is 53.5 Å². The van der Waals surface area contributed by atoms with Crippen LogP contribution in [0.2, 0.25) is 0 Å². The second-order valence-electron chi connectivity index (χ2n) is 8.61. The molecule has 1 N–H and O–H groups in total. The van der Waals surface area contributed by atoms with Crippen molar-refractivity contribution in [3.8, 4) is 11.5 Å². The molecule has 1 fully saturated rings. The molecule has 1 saturated carbocycles. The largest absolute Gasteiger partial charge is 0.493 e. The molecule has 1 aromatic heterocycles. The standard InChI is InChI=1S/C25H28F3N3O3/c1-14-30-19-11-20(33-4)21(34-22(13-32-3)15-8-9-15)10-17(19)24(31-14)29-12-16-6-5-7-18(23(16)26)25(2,27)28/h5-7,10-11,15,22H,8-9,12-13H2,1-4H3,(H,29,30,31). The van der Waals surface area contributed by atoms with Gasteiger partial charge in [0.25, 0.3) is 5.92 Å². The van der Waals surface area contributed by atoms with Gasteiger partial charge in [-0.15, -0.1) is 0 Å². The molecule has 6 nitrogen and oxygen atoms in total. The van der Waals surface area contributed by atoms with Gasteiger partial charge in [0.05, 0.1) is 24.8 Å². The molecule has 182 valence electrons. The molecule has 0 radical (unpaired) electrons. The Bertz CT molecular complexity index is 1180. The molecule has 0 spiro atoms. The predicted octanol–water partition coefficient (Wildman–Crippen LogP) is 5.61. The topological polar surface area (TPSA) is 65.5 Å². The number of benzene rings is 2. The smallest absolute Gasteiger partial charge is 0.273 e. The fraction of sp³-hybridized carbons (Fsp3) is 0.440. The fourth-order valence-electron chi connectivity index (χ4n) is 3.94. The summed E-state index contributed by atoms with van der Waals surface area (Å²) in [7, 11) is 3.19. The third-order valence-corrected chi connectivity index (χ3v) is 5.85. The van der Waals surface area contributed by atoms with Crippen LogP contribution in [0.1, 0.15) is 36.7 Å². The van der Waals surface area contributed by atoms with E-state index >= 15 is 0 Å². The Morgan fingerprint density at radius 1 is 1.15 bits per heavy atom. The van der Waals surface area contributed by atoms with Crippen molar-refractivity contribution >= 4 is 16.7 Å². The summed E-state index contributed by atoms with van der Waals surface area (Å²) in [5.41, 5.74) is 0.0887. The molecule has 1 heterocycles. The van der Waals surface area contributed by atoms with Crippen LogP contribution >= 0.6 is 0 Å². The number of methoxy groups -OCH3 is 2. The minimum absolute atomic E-state index is 0.0299. The lowest BCUT2D eigenvalue weighted by atomic mass is 10.0. The number of ether oxygens (including phenoxy) is 3. The molecule has 9 heteroatoms. The van der Waals surface area contributed by atoms with Gasteiger partial charge in [-0.25, -0.2) is 23.1 Å². The Kier molecular flexibility index (Phi) is 6.84. The molecule has 0 amide bonds. The quantitative estimate of drug-likeness (QED) is 0.411. The lowest BCUT2D eigenvalue weighted by Gasteiger charge is -2.20. The van der Waals surface area contributed by atoms with Gasteiger partial charge in [-0.05, 0) is 31.7 Å². The van der Waals surface area contributed by atoms with Crippen molar-refractivity contribution in [2.24, 2.45) is 5.92 Å². The van der Waals surface area contributed by atoms with E-state index in [9.17, 15) is 13.2 Å². The van der Waals surface area contributed by atoms with Gasteiger partial charge in [0.2, 0.25) is 0 Å². The third-order valence-electron chi connectivity index (χ3n) is 5.85. The van der Waals surface area contributed by atoms with Crippen LogP contribution in [0.15, 0.2) is 30.3 Å². The van der Waals surface area contributed by atoms with Crippen molar-refractivity contribution in [2.75, 3.05) is 26.1 Å². The first kappa shape index (κ1) is 24.1. The Labute approximate surface area is 196 Å². The van der Waals surface area contributed by atoms with Crippen molar-refractivity contribution in [1.29, 1.82) is 0 Å². The maximum Gasteiger partial charge on any atom is 0.273 e. The summed E-state index contributed by atoms with van der Waals surface area (Å²) in [6.45, 7) is 2.84. The van der Waals surface area contributed by atoms with Crippen molar-refractivity contribution in [2.45, 2.75) is 45.3 Å². The van der Waals surface area contributed by atoms with Crippen molar-refractivity contribution in [3.05, 3.63) is 53.1 Å². The molecule has 0 saturated heterocycles. The van der Waals surface area contributed by atoms with E-state index in [4.69, 9.17) is 14.2 Å². The number of hydrogen-bond donors (Lipinski definition) is 1. The van der Waals surface area contributed by atoms with E-state index in [-0.39, 0.29) is 18.2 Å². The molecule has 1 aliphatic rings. The van der Waals surface area contributed by atoms with Crippen LogP contribution in [0.25, 0.3) is 10.9 Å². The molecule has 0 aliphatic heterocycles. The first-order valence-electron chi connectivity index (χ1n) is 11.1. The van der Waals surface area contributed by atoms with E-state index < -0.39 is 17.3 Å². The average Bonchev–Trinajstić information content (AvgIpc) is 3.62. The van der Waals surface area contributed by atoms with Crippen molar-refractivity contribution < 1.29 is 27.4 Å². The summed E-state index contributed by atoms with van der Waals surface area (Å²) in [6.07, 6.45) is 2.06. The van der Waals surface area contributed by atoms with Crippen LogP contribution in [-0.2, 0) is 17.2 Å². The molecule has 4 rings (SSSR count). The number of fused-ring (bicyclic) bond motifs is 1. The van der Waals surface area contributed by atoms with E-state index in [2.05, 4.69) is 15.3 Å². The zero-order valence-electron chi connectivity index (χ0n) is 19.6. The normalized spacial score (nSPS) is 14.8. The molecule has 1 unspecified atom stereocenters. The van der Waals surface area contributed by atoms with Gasteiger partial charge in [-0.1, -0.05) is 18.2 Å².